The molecule has 2 nitrogen and oxygen atoms in total. The number of rotatable bonds is 2. The number of carbonyl (C=O) groups is 1. The minimum absolute atomic E-state index is 0.0774. The Labute approximate surface area is 136 Å². The van der Waals surface area contributed by atoms with Crippen LogP contribution in [0.1, 0.15) is 62.4 Å². The topological polar surface area (TPSA) is 20.3 Å². The van der Waals surface area contributed by atoms with Crippen LogP contribution < -0.4 is 0 Å². The van der Waals surface area contributed by atoms with Gasteiger partial charge in [-0.1, -0.05) is 45.4 Å². The maximum atomic E-state index is 13.1. The molecule has 1 amide bonds. The zero-order valence-corrected chi connectivity index (χ0v) is 14.4. The van der Waals surface area contributed by atoms with E-state index in [1.807, 2.05) is 33.8 Å². The molecule has 0 N–H and O–H groups in total. The summed E-state index contributed by atoms with van der Waals surface area (Å²) in [6.45, 7) is 8.21. The first-order chi connectivity index (χ1) is 10.3. The number of alkyl halides is 2. The van der Waals surface area contributed by atoms with E-state index in [1.54, 1.807) is 12.1 Å². The maximum Gasteiger partial charge on any atom is 0.255 e. The van der Waals surface area contributed by atoms with Gasteiger partial charge in [0.2, 0.25) is 0 Å². The van der Waals surface area contributed by atoms with Crippen LogP contribution in [0.15, 0.2) is 18.2 Å². The van der Waals surface area contributed by atoms with E-state index >= 15 is 0 Å². The van der Waals surface area contributed by atoms with Crippen molar-refractivity contribution in [2.75, 3.05) is 13.1 Å². The molecule has 22 heavy (non-hydrogen) atoms. The second kappa shape index (κ2) is 7.91. The molecule has 1 aromatic carbocycles. The SMILES string of the molecule is CC.CC(C)c1ccc(Cl)c(C(=O)N2CCC(F)(F)CC2)c1. The normalized spacial score (nSPS) is 17.0. The number of nitrogens with zero attached hydrogens (tertiary/aromatic N) is 1. The molecule has 1 aliphatic rings. The first-order valence-corrected chi connectivity index (χ1v) is 8.14. The lowest BCUT2D eigenvalue weighted by Crippen LogP contribution is -2.42. The van der Waals surface area contributed by atoms with Crippen molar-refractivity contribution in [3.8, 4) is 0 Å². The lowest BCUT2D eigenvalue weighted by Gasteiger charge is -2.32. The van der Waals surface area contributed by atoms with Gasteiger partial charge in [0, 0.05) is 25.9 Å². The van der Waals surface area contributed by atoms with Gasteiger partial charge in [-0.2, -0.15) is 0 Å². The third-order valence-corrected chi connectivity index (χ3v) is 4.00. The quantitative estimate of drug-likeness (QED) is 0.714. The van der Waals surface area contributed by atoms with Gasteiger partial charge in [-0.25, -0.2) is 8.78 Å². The second-order valence-electron chi connectivity index (χ2n) is 5.54. The largest absolute Gasteiger partial charge is 0.338 e. The number of benzene rings is 1. The standard InChI is InChI=1S/C15H18ClF2NO.C2H6/c1-10(2)11-3-4-13(16)12(9-11)14(20)19-7-5-15(17,18)6-8-19;1-2/h3-4,9-10H,5-8H2,1-2H3;1-2H3. The highest BCUT2D eigenvalue weighted by atomic mass is 35.5. The van der Waals surface area contributed by atoms with Crippen LogP contribution in [0.25, 0.3) is 0 Å². The van der Waals surface area contributed by atoms with Crippen molar-refractivity contribution in [3.05, 3.63) is 34.3 Å². The molecule has 0 bridgehead atoms. The Bertz CT molecular complexity index is 507. The predicted molar refractivity (Wildman–Crippen MR) is 87.0 cm³/mol. The van der Waals surface area contributed by atoms with Crippen molar-refractivity contribution in [1.82, 2.24) is 4.90 Å². The number of piperidine rings is 1. The fourth-order valence-electron chi connectivity index (χ4n) is 2.27. The Balaban J connectivity index is 0.00000116. The summed E-state index contributed by atoms with van der Waals surface area (Å²) >= 11 is 6.08. The minimum atomic E-state index is -2.65. The molecule has 0 atom stereocenters. The number of carbonyl (C=O) groups excluding carboxylic acids is 1. The van der Waals surface area contributed by atoms with Gasteiger partial charge in [0.15, 0.2) is 0 Å². The first kappa shape index (κ1) is 18.9. The summed E-state index contributed by atoms with van der Waals surface area (Å²) in [7, 11) is 0. The van der Waals surface area contributed by atoms with E-state index in [0.717, 1.165) is 5.56 Å². The zero-order valence-electron chi connectivity index (χ0n) is 13.6. The van der Waals surface area contributed by atoms with E-state index in [9.17, 15) is 13.6 Å². The number of hydrogen-bond acceptors (Lipinski definition) is 1. The molecule has 0 spiro atoms. The van der Waals surface area contributed by atoms with Crippen LogP contribution in [-0.4, -0.2) is 29.8 Å². The number of halogens is 3. The summed E-state index contributed by atoms with van der Waals surface area (Å²) in [6, 6.07) is 5.35. The average Bonchev–Trinajstić information content (AvgIpc) is 2.49. The highest BCUT2D eigenvalue weighted by Gasteiger charge is 2.36. The van der Waals surface area contributed by atoms with Crippen LogP contribution >= 0.6 is 11.6 Å². The molecular weight excluding hydrogens is 308 g/mol. The number of likely N-dealkylation sites (tertiary alicyclic amines) is 1. The van der Waals surface area contributed by atoms with Gasteiger partial charge in [0.1, 0.15) is 0 Å². The van der Waals surface area contributed by atoms with Crippen molar-refractivity contribution in [3.63, 3.8) is 0 Å². The molecule has 0 aliphatic carbocycles. The van der Waals surface area contributed by atoms with Crippen LogP contribution in [0, 0.1) is 0 Å². The Hall–Kier alpha value is -1.16. The molecule has 0 radical (unpaired) electrons. The van der Waals surface area contributed by atoms with Gasteiger partial charge in [-0.15, -0.1) is 0 Å². The molecule has 1 aromatic rings. The summed E-state index contributed by atoms with van der Waals surface area (Å²) in [5, 5.41) is 0.372. The van der Waals surface area contributed by atoms with Crippen LogP contribution in [0.2, 0.25) is 5.02 Å². The van der Waals surface area contributed by atoms with Crippen molar-refractivity contribution in [2.24, 2.45) is 0 Å². The Morgan fingerprint density at radius 3 is 2.27 bits per heavy atom. The van der Waals surface area contributed by atoms with Gasteiger partial charge < -0.3 is 4.90 Å². The van der Waals surface area contributed by atoms with Crippen molar-refractivity contribution in [1.29, 1.82) is 0 Å². The molecule has 2 rings (SSSR count). The fraction of sp³-hybridized carbons (Fsp3) is 0.588. The van der Waals surface area contributed by atoms with Crippen molar-refractivity contribution < 1.29 is 13.6 Å². The number of hydrogen-bond donors (Lipinski definition) is 0. The molecule has 0 saturated carbocycles. The molecular formula is C17H24ClF2NO. The molecule has 0 aromatic heterocycles. The van der Waals surface area contributed by atoms with Crippen LogP contribution in [0.3, 0.4) is 0 Å². The molecule has 1 heterocycles. The van der Waals surface area contributed by atoms with Crippen LogP contribution in [0.4, 0.5) is 8.78 Å². The van der Waals surface area contributed by atoms with Gasteiger partial charge >= 0.3 is 0 Å². The summed E-state index contributed by atoms with van der Waals surface area (Å²) in [6.07, 6.45) is -0.555. The molecule has 1 fully saturated rings. The summed E-state index contributed by atoms with van der Waals surface area (Å²) in [4.78, 5) is 13.9. The molecule has 1 saturated heterocycles. The van der Waals surface area contributed by atoms with E-state index in [0.29, 0.717) is 10.6 Å². The third kappa shape index (κ3) is 4.67. The highest BCUT2D eigenvalue weighted by molar-refractivity contribution is 6.33. The molecule has 1 aliphatic heterocycles. The van der Waals surface area contributed by atoms with E-state index in [1.165, 1.54) is 4.90 Å². The average molecular weight is 332 g/mol. The van der Waals surface area contributed by atoms with E-state index < -0.39 is 5.92 Å². The highest BCUT2D eigenvalue weighted by Crippen LogP contribution is 2.30. The van der Waals surface area contributed by atoms with E-state index in [4.69, 9.17) is 11.6 Å². The van der Waals surface area contributed by atoms with Crippen molar-refractivity contribution in [2.45, 2.75) is 52.4 Å². The molecule has 5 heteroatoms. The smallest absolute Gasteiger partial charge is 0.255 e. The van der Waals surface area contributed by atoms with Gasteiger partial charge in [0.25, 0.3) is 11.8 Å². The summed E-state index contributed by atoms with van der Waals surface area (Å²) in [5.41, 5.74) is 1.42. The first-order valence-electron chi connectivity index (χ1n) is 7.77. The maximum absolute atomic E-state index is 13.1. The minimum Gasteiger partial charge on any atom is -0.338 e. The lowest BCUT2D eigenvalue weighted by molar-refractivity contribution is -0.0494. The van der Waals surface area contributed by atoms with Crippen LogP contribution in [-0.2, 0) is 0 Å². The Morgan fingerprint density at radius 1 is 1.23 bits per heavy atom. The van der Waals surface area contributed by atoms with E-state index in [-0.39, 0.29) is 37.8 Å². The predicted octanol–water partition coefficient (Wildman–Crippen LogP) is 5.36. The van der Waals surface area contributed by atoms with Gasteiger partial charge in [0.05, 0.1) is 10.6 Å². The van der Waals surface area contributed by atoms with Gasteiger partial charge in [-0.3, -0.25) is 4.79 Å². The third-order valence-electron chi connectivity index (χ3n) is 3.67. The van der Waals surface area contributed by atoms with E-state index in [2.05, 4.69) is 0 Å². The number of amides is 1. The monoisotopic (exact) mass is 331 g/mol. The van der Waals surface area contributed by atoms with Gasteiger partial charge in [-0.05, 0) is 23.6 Å². The Kier molecular flexibility index (Phi) is 6.79. The summed E-state index contributed by atoms with van der Waals surface area (Å²) < 4.78 is 26.3. The summed E-state index contributed by atoms with van der Waals surface area (Å²) in [5.74, 6) is -2.63. The molecule has 0 unspecified atom stereocenters. The Morgan fingerprint density at radius 2 is 1.77 bits per heavy atom. The van der Waals surface area contributed by atoms with Crippen LogP contribution in [0.5, 0.6) is 0 Å². The molecule has 124 valence electrons. The van der Waals surface area contributed by atoms with Crippen molar-refractivity contribution >= 4 is 17.5 Å². The fourth-order valence-corrected chi connectivity index (χ4v) is 2.47. The lowest BCUT2D eigenvalue weighted by atomic mass is 9.99. The second-order valence-corrected chi connectivity index (χ2v) is 5.95. The zero-order chi connectivity index (χ0) is 16.9.